The van der Waals surface area contributed by atoms with Crippen molar-refractivity contribution in [1.29, 1.82) is 0 Å². The van der Waals surface area contributed by atoms with Gasteiger partial charge in [-0.3, -0.25) is 4.79 Å². The van der Waals surface area contributed by atoms with Crippen molar-refractivity contribution in [3.8, 4) is 28.1 Å². The summed E-state index contributed by atoms with van der Waals surface area (Å²) in [7, 11) is 0. The van der Waals surface area contributed by atoms with E-state index >= 15 is 0 Å². The molecule has 0 radical (unpaired) electrons. The van der Waals surface area contributed by atoms with Crippen molar-refractivity contribution >= 4 is 5.91 Å². The Balaban J connectivity index is 1.72. The van der Waals surface area contributed by atoms with E-state index < -0.39 is 29.5 Å². The van der Waals surface area contributed by atoms with Crippen LogP contribution >= 0.6 is 0 Å². The molecule has 0 saturated carbocycles. The third kappa shape index (κ3) is 4.66. The van der Waals surface area contributed by atoms with E-state index in [4.69, 9.17) is 5.73 Å². The van der Waals surface area contributed by atoms with Crippen LogP contribution in [-0.4, -0.2) is 15.7 Å². The Hall–Kier alpha value is -4.08. The van der Waals surface area contributed by atoms with Crippen LogP contribution < -0.4 is 5.73 Å². The highest BCUT2D eigenvalue weighted by Crippen LogP contribution is 2.35. The lowest BCUT2D eigenvalue weighted by molar-refractivity contribution is -0.141. The van der Waals surface area contributed by atoms with Crippen LogP contribution in [0.5, 0.6) is 0 Å². The number of hydrogen-bond acceptors (Lipinski definition) is 2. The number of rotatable bonds is 4. The number of nitrogens with zero attached hydrogens (tertiary/aromatic N) is 2. The predicted molar refractivity (Wildman–Crippen MR) is 113 cm³/mol. The Morgan fingerprint density at radius 1 is 0.706 bits per heavy atom. The van der Waals surface area contributed by atoms with Crippen molar-refractivity contribution in [2.75, 3.05) is 0 Å². The standard InChI is InChI=1S/C24H15F6N3O/c25-23(26,27)18-9-5-15(6-10-18)14-1-3-16(4-2-14)20-13-21(24(28,29)30)32-33(20)19-11-7-17(8-12-19)22(31)34/h1-13H,(H2,31,34). The molecule has 0 bridgehead atoms. The third-order valence-electron chi connectivity index (χ3n) is 5.12. The van der Waals surface area contributed by atoms with Crippen molar-refractivity contribution in [2.45, 2.75) is 12.4 Å². The molecule has 4 rings (SSSR count). The highest BCUT2D eigenvalue weighted by atomic mass is 19.4. The molecule has 0 spiro atoms. The second-order valence-corrected chi connectivity index (χ2v) is 7.39. The molecule has 1 aromatic heterocycles. The van der Waals surface area contributed by atoms with Gasteiger partial charge in [-0.1, -0.05) is 36.4 Å². The summed E-state index contributed by atoms with van der Waals surface area (Å²) in [5.41, 5.74) is 5.44. The van der Waals surface area contributed by atoms with Gasteiger partial charge in [0.25, 0.3) is 0 Å². The van der Waals surface area contributed by atoms with Crippen LogP contribution in [0.25, 0.3) is 28.1 Å². The van der Waals surface area contributed by atoms with E-state index in [-0.39, 0.29) is 16.9 Å². The third-order valence-corrected chi connectivity index (χ3v) is 5.12. The molecule has 0 atom stereocenters. The summed E-state index contributed by atoms with van der Waals surface area (Å²) in [4.78, 5) is 11.3. The number of aromatic nitrogens is 2. The molecule has 2 N–H and O–H groups in total. The van der Waals surface area contributed by atoms with Crippen molar-refractivity contribution in [2.24, 2.45) is 5.73 Å². The lowest BCUT2D eigenvalue weighted by Crippen LogP contribution is -2.11. The van der Waals surface area contributed by atoms with E-state index in [0.717, 1.165) is 22.9 Å². The molecule has 0 aliphatic heterocycles. The van der Waals surface area contributed by atoms with Crippen LogP contribution in [0.2, 0.25) is 0 Å². The Kier molecular flexibility index (Phi) is 5.68. The monoisotopic (exact) mass is 475 g/mol. The largest absolute Gasteiger partial charge is 0.435 e. The molecule has 174 valence electrons. The minimum absolute atomic E-state index is 0.137. The zero-order valence-corrected chi connectivity index (χ0v) is 17.2. The quantitative estimate of drug-likeness (QED) is 0.350. The van der Waals surface area contributed by atoms with E-state index in [9.17, 15) is 31.1 Å². The van der Waals surface area contributed by atoms with E-state index in [1.165, 1.54) is 36.4 Å². The summed E-state index contributed by atoms with van der Waals surface area (Å²) in [6, 6.07) is 17.4. The molecule has 0 fully saturated rings. The number of primary amides is 1. The summed E-state index contributed by atoms with van der Waals surface area (Å²) in [5.74, 6) is -0.679. The normalized spacial score (nSPS) is 12.1. The number of hydrogen-bond donors (Lipinski definition) is 1. The fourth-order valence-corrected chi connectivity index (χ4v) is 3.37. The van der Waals surface area contributed by atoms with Gasteiger partial charge in [-0.25, -0.2) is 4.68 Å². The molecule has 0 saturated heterocycles. The molecule has 34 heavy (non-hydrogen) atoms. The molecule has 4 aromatic rings. The molecule has 0 aliphatic rings. The lowest BCUT2D eigenvalue weighted by Gasteiger charge is -2.10. The molecule has 10 heteroatoms. The van der Waals surface area contributed by atoms with Gasteiger partial charge in [0.15, 0.2) is 5.69 Å². The first-order valence-corrected chi connectivity index (χ1v) is 9.79. The average Bonchev–Trinajstić information content (AvgIpc) is 3.25. The molecule has 1 amide bonds. The van der Waals surface area contributed by atoms with Crippen LogP contribution in [0, 0.1) is 0 Å². The maximum atomic E-state index is 13.4. The molecule has 4 nitrogen and oxygen atoms in total. The number of benzene rings is 3. The van der Waals surface area contributed by atoms with Crippen LogP contribution in [-0.2, 0) is 12.4 Å². The van der Waals surface area contributed by atoms with E-state index in [1.54, 1.807) is 24.3 Å². The molecule has 1 heterocycles. The van der Waals surface area contributed by atoms with Crippen LogP contribution in [0.3, 0.4) is 0 Å². The minimum Gasteiger partial charge on any atom is -0.366 e. The van der Waals surface area contributed by atoms with Gasteiger partial charge in [0.2, 0.25) is 5.91 Å². The molecule has 0 aliphatic carbocycles. The van der Waals surface area contributed by atoms with Crippen LogP contribution in [0.15, 0.2) is 78.9 Å². The maximum Gasteiger partial charge on any atom is 0.435 e. The highest BCUT2D eigenvalue weighted by Gasteiger charge is 2.35. The summed E-state index contributed by atoms with van der Waals surface area (Å²) >= 11 is 0. The van der Waals surface area contributed by atoms with Crippen molar-refractivity contribution < 1.29 is 31.1 Å². The lowest BCUT2D eigenvalue weighted by atomic mass is 10.0. The Bertz CT molecular complexity index is 1320. The first-order valence-electron chi connectivity index (χ1n) is 9.79. The maximum absolute atomic E-state index is 13.4. The predicted octanol–water partition coefficient (Wildman–Crippen LogP) is 6.34. The van der Waals surface area contributed by atoms with E-state index in [2.05, 4.69) is 5.10 Å². The number of nitrogens with two attached hydrogens (primary N) is 1. The molecular weight excluding hydrogens is 460 g/mol. The zero-order chi connectivity index (χ0) is 24.7. The highest BCUT2D eigenvalue weighted by molar-refractivity contribution is 5.92. The van der Waals surface area contributed by atoms with E-state index in [1.807, 2.05) is 0 Å². The summed E-state index contributed by atoms with van der Waals surface area (Å²) in [6.45, 7) is 0. The van der Waals surface area contributed by atoms with Gasteiger partial charge in [0.1, 0.15) is 0 Å². The fraction of sp³-hybridized carbons (Fsp3) is 0.0833. The smallest absolute Gasteiger partial charge is 0.366 e. The summed E-state index contributed by atoms with van der Waals surface area (Å²) in [5, 5.41) is 3.68. The average molecular weight is 475 g/mol. The van der Waals surface area contributed by atoms with Crippen LogP contribution in [0.4, 0.5) is 26.3 Å². The first-order chi connectivity index (χ1) is 15.9. The SMILES string of the molecule is NC(=O)c1ccc(-n2nc(C(F)(F)F)cc2-c2ccc(-c3ccc(C(F)(F)F)cc3)cc2)cc1. The number of carbonyl (C=O) groups excluding carboxylic acids is 1. The number of amides is 1. The van der Waals surface area contributed by atoms with Gasteiger partial charge >= 0.3 is 12.4 Å². The van der Waals surface area contributed by atoms with Crippen LogP contribution in [0.1, 0.15) is 21.6 Å². The van der Waals surface area contributed by atoms with Crippen molar-refractivity contribution in [3.05, 3.63) is 95.7 Å². The van der Waals surface area contributed by atoms with Crippen molar-refractivity contribution in [3.63, 3.8) is 0 Å². The molecule has 3 aromatic carbocycles. The molecule has 0 unspecified atom stereocenters. The van der Waals surface area contributed by atoms with Gasteiger partial charge in [0.05, 0.1) is 16.9 Å². The second kappa shape index (κ2) is 8.36. The number of carbonyl (C=O) groups is 1. The molecular formula is C24H15F6N3O. The summed E-state index contributed by atoms with van der Waals surface area (Å²) in [6.07, 6.45) is -9.14. The van der Waals surface area contributed by atoms with Gasteiger partial charge in [-0.2, -0.15) is 31.4 Å². The second-order valence-electron chi connectivity index (χ2n) is 7.39. The number of halogens is 6. The number of alkyl halides is 6. The van der Waals surface area contributed by atoms with Gasteiger partial charge in [0, 0.05) is 11.1 Å². The Morgan fingerprint density at radius 2 is 1.21 bits per heavy atom. The Labute approximate surface area is 189 Å². The van der Waals surface area contributed by atoms with Gasteiger partial charge in [-0.15, -0.1) is 0 Å². The van der Waals surface area contributed by atoms with E-state index in [0.29, 0.717) is 16.7 Å². The fourth-order valence-electron chi connectivity index (χ4n) is 3.37. The minimum atomic E-state index is -4.69. The first kappa shape index (κ1) is 23.1. The zero-order valence-electron chi connectivity index (χ0n) is 17.2. The van der Waals surface area contributed by atoms with Crippen molar-refractivity contribution in [1.82, 2.24) is 9.78 Å². The Morgan fingerprint density at radius 3 is 1.68 bits per heavy atom. The van der Waals surface area contributed by atoms with Gasteiger partial charge < -0.3 is 5.73 Å². The topological polar surface area (TPSA) is 60.9 Å². The van der Waals surface area contributed by atoms with Gasteiger partial charge in [-0.05, 0) is 53.6 Å². The summed E-state index contributed by atoms with van der Waals surface area (Å²) < 4.78 is 79.5.